The van der Waals surface area contributed by atoms with E-state index in [1.54, 1.807) is 30.5 Å². The number of benzene rings is 2. The van der Waals surface area contributed by atoms with Crippen LogP contribution < -0.4 is 16.0 Å². The number of pyridine rings is 1. The third-order valence-electron chi connectivity index (χ3n) is 5.71. The van der Waals surface area contributed by atoms with E-state index >= 15 is 0 Å². The third-order valence-corrected chi connectivity index (χ3v) is 7.46. The van der Waals surface area contributed by atoms with Gasteiger partial charge in [0.05, 0.1) is 11.1 Å². The van der Waals surface area contributed by atoms with Crippen molar-refractivity contribution < 1.29 is 8.42 Å². The van der Waals surface area contributed by atoms with E-state index < -0.39 is 10.0 Å². The Kier molecular flexibility index (Phi) is 5.56. The van der Waals surface area contributed by atoms with E-state index in [0.717, 1.165) is 25.3 Å². The van der Waals surface area contributed by atoms with Crippen molar-refractivity contribution in [2.75, 3.05) is 25.0 Å². The van der Waals surface area contributed by atoms with Crippen LogP contribution in [0.4, 0.5) is 11.5 Å². The monoisotopic (exact) mass is 458 g/mol. The summed E-state index contributed by atoms with van der Waals surface area (Å²) in [6.45, 7) is 2.81. The number of fused-ring (bicyclic) bond motifs is 1. The quantitative estimate of drug-likeness (QED) is 0.421. The van der Waals surface area contributed by atoms with Crippen LogP contribution in [0, 0.1) is 11.3 Å². The van der Waals surface area contributed by atoms with Crippen molar-refractivity contribution in [3.63, 3.8) is 0 Å². The molecule has 1 aliphatic heterocycles. The lowest BCUT2D eigenvalue weighted by Crippen LogP contribution is -2.42. The van der Waals surface area contributed by atoms with Gasteiger partial charge in [0.1, 0.15) is 16.8 Å². The molecular formula is C24H22N6O2S. The summed E-state index contributed by atoms with van der Waals surface area (Å²) in [5.74, 6) is 0.524. The first-order valence-corrected chi connectivity index (χ1v) is 12.0. The lowest BCUT2D eigenvalue weighted by molar-refractivity contribution is 0.430. The largest absolute Gasteiger partial charge is 0.340 e. The van der Waals surface area contributed by atoms with Gasteiger partial charge in [-0.2, -0.15) is 5.26 Å². The molecule has 9 heteroatoms. The Bertz CT molecular complexity index is 1450. The van der Waals surface area contributed by atoms with Gasteiger partial charge in [0.2, 0.25) is 0 Å². The van der Waals surface area contributed by atoms with E-state index in [1.807, 2.05) is 18.2 Å². The molecule has 0 bridgehead atoms. The molecule has 33 heavy (non-hydrogen) atoms. The maximum absolute atomic E-state index is 13.3. The predicted molar refractivity (Wildman–Crippen MR) is 127 cm³/mol. The fraction of sp³-hybridized carbons (Fsp3) is 0.167. The number of aromatic nitrogens is 2. The first-order valence-electron chi connectivity index (χ1n) is 10.6. The summed E-state index contributed by atoms with van der Waals surface area (Å²) in [6.07, 6.45) is 3.12. The topological polar surface area (TPSA) is 112 Å². The Morgan fingerprint density at radius 2 is 1.91 bits per heavy atom. The number of piperazine rings is 1. The number of rotatable bonds is 5. The molecule has 1 saturated heterocycles. The normalized spacial score (nSPS) is 16.4. The second kappa shape index (κ2) is 8.67. The summed E-state index contributed by atoms with van der Waals surface area (Å²) in [7, 11) is -3.95. The molecule has 3 heterocycles. The molecule has 166 valence electrons. The number of hydrogen-bond acceptors (Lipinski definition) is 7. The van der Waals surface area contributed by atoms with E-state index in [4.69, 9.17) is 0 Å². The molecule has 0 aliphatic carbocycles. The zero-order chi connectivity index (χ0) is 22.8. The van der Waals surface area contributed by atoms with E-state index in [2.05, 4.69) is 33.1 Å². The van der Waals surface area contributed by atoms with Gasteiger partial charge in [-0.3, -0.25) is 0 Å². The number of hydrogen-bond donors (Lipinski definition) is 3. The molecule has 0 amide bonds. The number of anilines is 2. The minimum Gasteiger partial charge on any atom is -0.340 e. The SMILES string of the molecule is N#Cc1ccccc1S(=O)(=O)n1ccc2cnc(Nc3ccc(C4CNCCN4)cc3)cc21. The molecule has 2 aromatic heterocycles. The third kappa shape index (κ3) is 4.07. The average molecular weight is 459 g/mol. The molecule has 0 saturated carbocycles. The van der Waals surface area contributed by atoms with Crippen LogP contribution in [0.25, 0.3) is 10.9 Å². The molecule has 1 atom stereocenters. The van der Waals surface area contributed by atoms with Crippen molar-refractivity contribution in [1.82, 2.24) is 19.6 Å². The minimum absolute atomic E-state index is 0.0299. The van der Waals surface area contributed by atoms with E-state index in [0.29, 0.717) is 16.7 Å². The van der Waals surface area contributed by atoms with E-state index in [-0.39, 0.29) is 16.5 Å². The van der Waals surface area contributed by atoms with Crippen LogP contribution in [0.1, 0.15) is 17.2 Å². The summed E-state index contributed by atoms with van der Waals surface area (Å²) in [5.41, 5.74) is 2.64. The Labute approximate surface area is 191 Å². The maximum atomic E-state index is 13.3. The lowest BCUT2D eigenvalue weighted by Gasteiger charge is -2.25. The van der Waals surface area contributed by atoms with Gasteiger partial charge >= 0.3 is 0 Å². The van der Waals surface area contributed by atoms with Crippen LogP contribution in [0.2, 0.25) is 0 Å². The molecule has 5 rings (SSSR count). The van der Waals surface area contributed by atoms with Gasteiger partial charge in [0.15, 0.2) is 0 Å². The van der Waals surface area contributed by atoms with Gasteiger partial charge in [-0.05, 0) is 35.9 Å². The van der Waals surface area contributed by atoms with Gasteiger partial charge in [-0.15, -0.1) is 0 Å². The Balaban J connectivity index is 1.45. The van der Waals surface area contributed by atoms with Gasteiger partial charge in [0, 0.05) is 55.2 Å². The highest BCUT2D eigenvalue weighted by Crippen LogP contribution is 2.27. The predicted octanol–water partition coefficient (Wildman–Crippen LogP) is 3.12. The summed E-state index contributed by atoms with van der Waals surface area (Å²) in [6, 6.07) is 19.9. The Morgan fingerprint density at radius 1 is 1.09 bits per heavy atom. The lowest BCUT2D eigenvalue weighted by atomic mass is 10.1. The number of nitrogens with one attached hydrogen (secondary N) is 3. The zero-order valence-corrected chi connectivity index (χ0v) is 18.5. The fourth-order valence-electron chi connectivity index (χ4n) is 4.01. The van der Waals surface area contributed by atoms with Crippen LogP contribution in [-0.4, -0.2) is 37.0 Å². The molecule has 1 aliphatic rings. The number of nitriles is 1. The molecular weight excluding hydrogens is 436 g/mol. The fourth-order valence-corrected chi connectivity index (χ4v) is 5.50. The van der Waals surface area contributed by atoms with Crippen molar-refractivity contribution in [2.45, 2.75) is 10.9 Å². The Hall–Kier alpha value is -3.71. The van der Waals surface area contributed by atoms with Gasteiger partial charge in [-0.25, -0.2) is 17.4 Å². The smallest absolute Gasteiger partial charge is 0.269 e. The minimum atomic E-state index is -3.95. The highest BCUT2D eigenvalue weighted by atomic mass is 32.2. The summed E-state index contributed by atoms with van der Waals surface area (Å²) < 4.78 is 27.8. The first-order chi connectivity index (χ1) is 16.1. The molecule has 3 N–H and O–H groups in total. The first kappa shape index (κ1) is 21.2. The van der Waals surface area contributed by atoms with Crippen LogP contribution in [0.3, 0.4) is 0 Å². The highest BCUT2D eigenvalue weighted by Gasteiger charge is 2.22. The summed E-state index contributed by atoms with van der Waals surface area (Å²) in [5, 5.41) is 20.2. The van der Waals surface area contributed by atoms with Gasteiger partial charge < -0.3 is 16.0 Å². The van der Waals surface area contributed by atoms with Crippen LogP contribution in [0.15, 0.2) is 78.0 Å². The summed E-state index contributed by atoms with van der Waals surface area (Å²) >= 11 is 0. The van der Waals surface area contributed by atoms with Gasteiger partial charge in [-0.1, -0.05) is 24.3 Å². The van der Waals surface area contributed by atoms with Gasteiger partial charge in [0.25, 0.3) is 10.0 Å². The molecule has 1 fully saturated rings. The van der Waals surface area contributed by atoms with E-state index in [9.17, 15) is 13.7 Å². The van der Waals surface area contributed by atoms with Crippen LogP contribution >= 0.6 is 0 Å². The number of nitrogens with zero attached hydrogens (tertiary/aromatic N) is 3. The average Bonchev–Trinajstić information content (AvgIpc) is 3.29. The van der Waals surface area contributed by atoms with E-state index in [1.165, 1.54) is 27.9 Å². The molecule has 4 aromatic rings. The highest BCUT2D eigenvalue weighted by molar-refractivity contribution is 7.90. The standard InChI is InChI=1S/C24H22N6O2S/c25-14-18-3-1-2-4-23(18)33(31,32)30-12-9-19-15-28-24(13-22(19)30)29-20-7-5-17(6-8-20)21-16-26-10-11-27-21/h1-9,12-13,15,21,26-27H,10-11,16H2,(H,28,29). The van der Waals surface area contributed by atoms with Crippen molar-refractivity contribution >= 4 is 32.4 Å². The van der Waals surface area contributed by atoms with Crippen molar-refractivity contribution in [3.05, 3.63) is 84.2 Å². The van der Waals surface area contributed by atoms with Crippen molar-refractivity contribution in [3.8, 4) is 6.07 Å². The van der Waals surface area contributed by atoms with Crippen LogP contribution in [-0.2, 0) is 10.0 Å². The Morgan fingerprint density at radius 3 is 2.67 bits per heavy atom. The summed E-state index contributed by atoms with van der Waals surface area (Å²) in [4.78, 5) is 4.39. The van der Waals surface area contributed by atoms with Crippen molar-refractivity contribution in [1.29, 1.82) is 5.26 Å². The molecule has 8 nitrogen and oxygen atoms in total. The molecule has 1 unspecified atom stereocenters. The second-order valence-electron chi connectivity index (χ2n) is 7.81. The molecule has 0 spiro atoms. The maximum Gasteiger partial charge on any atom is 0.269 e. The van der Waals surface area contributed by atoms with Crippen LogP contribution in [0.5, 0.6) is 0 Å². The zero-order valence-electron chi connectivity index (χ0n) is 17.7. The molecule has 0 radical (unpaired) electrons. The second-order valence-corrected chi connectivity index (χ2v) is 9.59. The molecule has 2 aromatic carbocycles. The van der Waals surface area contributed by atoms with Crippen molar-refractivity contribution in [2.24, 2.45) is 0 Å².